The molecule has 0 saturated carbocycles. The van der Waals surface area contributed by atoms with Crippen LogP contribution in [0.5, 0.6) is 5.75 Å². The molecule has 4 amide bonds. The van der Waals surface area contributed by atoms with Crippen molar-refractivity contribution in [2.24, 2.45) is 0 Å². The molecule has 1 fully saturated rings. The minimum Gasteiger partial charge on any atom is -0.488 e. The van der Waals surface area contributed by atoms with Crippen LogP contribution < -0.4 is 15.0 Å². The van der Waals surface area contributed by atoms with Crippen molar-refractivity contribution in [1.29, 1.82) is 0 Å². The number of nitrogens with one attached hydrogen (secondary N) is 1. The third kappa shape index (κ3) is 4.72. The third-order valence-electron chi connectivity index (χ3n) is 5.70. The summed E-state index contributed by atoms with van der Waals surface area (Å²) in [7, 11) is 0. The first-order chi connectivity index (χ1) is 16.2. The van der Waals surface area contributed by atoms with E-state index in [-0.39, 0.29) is 5.57 Å². The molecule has 0 aromatic heterocycles. The molecule has 1 heterocycles. The molecule has 4 rings (SSSR count). The number of nitrogens with zero attached hydrogens (tertiary/aromatic N) is 1. The van der Waals surface area contributed by atoms with E-state index in [1.165, 1.54) is 11.6 Å². The monoisotopic (exact) mass is 474 g/mol. The molecule has 7 heteroatoms. The SMILES string of the molecule is Cc1ccc(COc2ccc(Cl)cc2/C=C2\C(=O)NC(=O)N(c3ccccc3C)C2=O)cc1C. The zero-order valence-corrected chi connectivity index (χ0v) is 19.8. The van der Waals surface area contributed by atoms with Crippen molar-refractivity contribution in [2.75, 3.05) is 4.90 Å². The van der Waals surface area contributed by atoms with Crippen LogP contribution >= 0.6 is 11.6 Å². The van der Waals surface area contributed by atoms with Crippen molar-refractivity contribution in [3.8, 4) is 5.75 Å². The first-order valence-electron chi connectivity index (χ1n) is 10.7. The van der Waals surface area contributed by atoms with Crippen LogP contribution in [0, 0.1) is 20.8 Å². The van der Waals surface area contributed by atoms with Crippen molar-refractivity contribution < 1.29 is 19.1 Å². The highest BCUT2D eigenvalue weighted by Gasteiger charge is 2.37. The molecule has 1 aliphatic heterocycles. The maximum atomic E-state index is 13.3. The van der Waals surface area contributed by atoms with Gasteiger partial charge in [-0.25, -0.2) is 9.69 Å². The van der Waals surface area contributed by atoms with E-state index in [1.54, 1.807) is 49.4 Å². The van der Waals surface area contributed by atoms with E-state index in [0.717, 1.165) is 21.6 Å². The topological polar surface area (TPSA) is 75.7 Å². The maximum absolute atomic E-state index is 13.3. The normalized spacial score (nSPS) is 15.0. The number of rotatable bonds is 5. The summed E-state index contributed by atoms with van der Waals surface area (Å²) in [6, 6.07) is 17.2. The van der Waals surface area contributed by atoms with Gasteiger partial charge in [0, 0.05) is 10.6 Å². The molecule has 0 bridgehead atoms. The standard InChI is InChI=1S/C27H23ClN2O4/c1-16-8-9-19(12-18(16)3)15-34-24-11-10-21(28)13-20(24)14-22-25(31)29-27(33)30(26(22)32)23-7-5-4-6-17(23)2/h4-14H,15H2,1-3H3,(H,29,31,33)/b22-14+. The molecule has 3 aromatic carbocycles. The molecule has 3 aromatic rings. The summed E-state index contributed by atoms with van der Waals surface area (Å²) >= 11 is 6.20. The van der Waals surface area contributed by atoms with Crippen molar-refractivity contribution in [1.82, 2.24) is 5.32 Å². The Labute approximate surface area is 202 Å². The second-order valence-corrected chi connectivity index (χ2v) is 8.57. The van der Waals surface area contributed by atoms with Gasteiger partial charge in [0.1, 0.15) is 17.9 Å². The van der Waals surface area contributed by atoms with Crippen LogP contribution in [-0.2, 0) is 16.2 Å². The molecule has 172 valence electrons. The summed E-state index contributed by atoms with van der Waals surface area (Å²) in [6.07, 6.45) is 1.40. The van der Waals surface area contributed by atoms with E-state index >= 15 is 0 Å². The second-order valence-electron chi connectivity index (χ2n) is 8.13. The van der Waals surface area contributed by atoms with Crippen LogP contribution in [0.2, 0.25) is 5.02 Å². The van der Waals surface area contributed by atoms with Crippen molar-refractivity contribution in [3.05, 3.63) is 99.1 Å². The van der Waals surface area contributed by atoms with E-state index < -0.39 is 17.8 Å². The van der Waals surface area contributed by atoms with Gasteiger partial charge >= 0.3 is 6.03 Å². The average Bonchev–Trinajstić information content (AvgIpc) is 2.79. The third-order valence-corrected chi connectivity index (χ3v) is 5.93. The van der Waals surface area contributed by atoms with E-state index in [9.17, 15) is 14.4 Å². The van der Waals surface area contributed by atoms with Gasteiger partial charge in [0.15, 0.2) is 0 Å². The van der Waals surface area contributed by atoms with Crippen LogP contribution in [0.15, 0.2) is 66.2 Å². The Morgan fingerprint density at radius 1 is 0.912 bits per heavy atom. The second kappa shape index (κ2) is 9.53. The summed E-state index contributed by atoms with van der Waals surface area (Å²) in [5.74, 6) is -1.04. The number of ether oxygens (including phenoxy) is 1. The molecule has 0 unspecified atom stereocenters. The number of urea groups is 1. The lowest BCUT2D eigenvalue weighted by molar-refractivity contribution is -0.122. The Morgan fingerprint density at radius 2 is 1.68 bits per heavy atom. The summed E-state index contributed by atoms with van der Waals surface area (Å²) < 4.78 is 6.01. The lowest BCUT2D eigenvalue weighted by atomic mass is 10.0. The molecule has 0 aliphatic carbocycles. The van der Waals surface area contributed by atoms with Crippen LogP contribution in [0.4, 0.5) is 10.5 Å². The van der Waals surface area contributed by atoms with Gasteiger partial charge in [-0.15, -0.1) is 0 Å². The molecule has 1 N–H and O–H groups in total. The molecular formula is C27H23ClN2O4. The van der Waals surface area contributed by atoms with Gasteiger partial charge in [0.25, 0.3) is 11.8 Å². The van der Waals surface area contributed by atoms with Gasteiger partial charge in [-0.05, 0) is 73.4 Å². The van der Waals surface area contributed by atoms with Crippen molar-refractivity contribution in [2.45, 2.75) is 27.4 Å². The minimum atomic E-state index is -0.793. The first kappa shape index (κ1) is 23.3. The number of imide groups is 2. The van der Waals surface area contributed by atoms with Crippen LogP contribution in [0.1, 0.15) is 27.8 Å². The number of hydrogen-bond donors (Lipinski definition) is 1. The van der Waals surface area contributed by atoms with Gasteiger partial charge in [0.05, 0.1) is 5.69 Å². The Hall–Kier alpha value is -3.90. The molecular weight excluding hydrogens is 452 g/mol. The lowest BCUT2D eigenvalue weighted by Gasteiger charge is -2.27. The molecule has 1 saturated heterocycles. The zero-order chi connectivity index (χ0) is 24.4. The number of aryl methyl sites for hydroxylation is 3. The van der Waals surface area contributed by atoms with E-state index in [0.29, 0.717) is 28.6 Å². The Bertz CT molecular complexity index is 1350. The molecule has 1 aliphatic rings. The number of halogens is 1. The lowest BCUT2D eigenvalue weighted by Crippen LogP contribution is -2.54. The van der Waals surface area contributed by atoms with Gasteiger partial charge in [0.2, 0.25) is 0 Å². The highest BCUT2D eigenvalue weighted by atomic mass is 35.5. The van der Waals surface area contributed by atoms with Crippen LogP contribution in [-0.4, -0.2) is 17.8 Å². The van der Waals surface area contributed by atoms with Crippen molar-refractivity contribution in [3.63, 3.8) is 0 Å². The maximum Gasteiger partial charge on any atom is 0.335 e. The zero-order valence-electron chi connectivity index (χ0n) is 19.0. The fourth-order valence-corrected chi connectivity index (χ4v) is 3.84. The number of hydrogen-bond acceptors (Lipinski definition) is 4. The Morgan fingerprint density at radius 3 is 2.41 bits per heavy atom. The minimum absolute atomic E-state index is 0.193. The fraction of sp³-hybridized carbons (Fsp3) is 0.148. The molecule has 0 radical (unpaired) electrons. The van der Waals surface area contributed by atoms with E-state index in [4.69, 9.17) is 16.3 Å². The van der Waals surface area contributed by atoms with Crippen LogP contribution in [0.3, 0.4) is 0 Å². The predicted octanol–water partition coefficient (Wildman–Crippen LogP) is 5.51. The number of benzene rings is 3. The summed E-state index contributed by atoms with van der Waals surface area (Å²) in [5.41, 5.74) is 4.72. The highest BCUT2D eigenvalue weighted by Crippen LogP contribution is 2.29. The Kier molecular flexibility index (Phi) is 6.52. The molecule has 0 spiro atoms. The fourth-order valence-electron chi connectivity index (χ4n) is 3.66. The molecule has 34 heavy (non-hydrogen) atoms. The average molecular weight is 475 g/mol. The number of barbiturate groups is 1. The van der Waals surface area contributed by atoms with Gasteiger partial charge in [-0.1, -0.05) is 48.0 Å². The number of carbonyl (C=O) groups excluding carboxylic acids is 3. The number of anilines is 1. The molecule has 6 nitrogen and oxygen atoms in total. The number of amides is 4. The largest absolute Gasteiger partial charge is 0.488 e. The molecule has 0 atom stereocenters. The quantitative estimate of drug-likeness (QED) is 0.390. The Balaban J connectivity index is 1.68. The van der Waals surface area contributed by atoms with E-state index in [2.05, 4.69) is 5.32 Å². The smallest absolute Gasteiger partial charge is 0.335 e. The van der Waals surface area contributed by atoms with E-state index in [1.807, 2.05) is 32.0 Å². The summed E-state index contributed by atoms with van der Waals surface area (Å²) in [6.45, 7) is 6.16. The summed E-state index contributed by atoms with van der Waals surface area (Å²) in [4.78, 5) is 39.3. The highest BCUT2D eigenvalue weighted by molar-refractivity contribution is 6.39. The van der Waals surface area contributed by atoms with Gasteiger partial charge < -0.3 is 4.74 Å². The van der Waals surface area contributed by atoms with Crippen molar-refractivity contribution >= 4 is 41.2 Å². The summed E-state index contributed by atoms with van der Waals surface area (Å²) in [5, 5.41) is 2.66. The number of para-hydroxylation sites is 1. The number of carbonyl (C=O) groups is 3. The van der Waals surface area contributed by atoms with Crippen LogP contribution in [0.25, 0.3) is 6.08 Å². The van der Waals surface area contributed by atoms with Gasteiger partial charge in [-0.3, -0.25) is 14.9 Å². The first-order valence-corrected chi connectivity index (χ1v) is 11.1. The predicted molar refractivity (Wildman–Crippen MR) is 132 cm³/mol. The van der Waals surface area contributed by atoms with Gasteiger partial charge in [-0.2, -0.15) is 0 Å².